The fourth-order valence-electron chi connectivity index (χ4n) is 2.61. The van der Waals surface area contributed by atoms with Crippen LogP contribution < -0.4 is 15.4 Å². The zero-order valence-electron chi connectivity index (χ0n) is 14.5. The molecule has 2 aromatic carbocycles. The maximum Gasteiger partial charge on any atom is 0.191 e. The molecule has 0 saturated carbocycles. The number of aliphatic imine (C=N–C) groups is 1. The van der Waals surface area contributed by atoms with Crippen molar-refractivity contribution in [3.63, 3.8) is 0 Å². The van der Waals surface area contributed by atoms with Crippen LogP contribution in [0.15, 0.2) is 65.7 Å². The number of aromatic nitrogens is 1. The van der Waals surface area contributed by atoms with E-state index >= 15 is 0 Å². The van der Waals surface area contributed by atoms with E-state index in [9.17, 15) is 0 Å². The Morgan fingerprint density at radius 2 is 1.84 bits per heavy atom. The molecule has 0 radical (unpaired) electrons. The van der Waals surface area contributed by atoms with E-state index in [-0.39, 0.29) is 0 Å². The van der Waals surface area contributed by atoms with Gasteiger partial charge >= 0.3 is 0 Å². The molecular weight excluding hydrogens is 312 g/mol. The summed E-state index contributed by atoms with van der Waals surface area (Å²) in [6.07, 6.45) is 0.905. The summed E-state index contributed by atoms with van der Waals surface area (Å²) >= 11 is 0. The first-order valence-corrected chi connectivity index (χ1v) is 8.54. The highest BCUT2D eigenvalue weighted by Crippen LogP contribution is 2.14. The lowest BCUT2D eigenvalue weighted by atomic mass is 10.2. The number of guanidine groups is 1. The van der Waals surface area contributed by atoms with Crippen molar-refractivity contribution in [3.05, 3.63) is 66.4 Å². The first kappa shape index (κ1) is 16.9. The predicted molar refractivity (Wildman–Crippen MR) is 103 cm³/mol. The van der Waals surface area contributed by atoms with Crippen LogP contribution in [0.3, 0.4) is 0 Å². The van der Waals surface area contributed by atoms with E-state index in [1.54, 1.807) is 7.05 Å². The highest BCUT2D eigenvalue weighted by atomic mass is 16.5. The maximum absolute atomic E-state index is 5.68. The van der Waals surface area contributed by atoms with Crippen molar-refractivity contribution in [2.24, 2.45) is 4.99 Å². The number of hydrogen-bond acceptors (Lipinski definition) is 2. The van der Waals surface area contributed by atoms with Crippen molar-refractivity contribution in [2.45, 2.75) is 13.0 Å². The number of fused-ring (bicyclic) bond motifs is 1. The molecule has 0 amide bonds. The number of nitrogens with zero attached hydrogens (tertiary/aromatic N) is 1. The number of para-hydroxylation sites is 2. The third-order valence-corrected chi connectivity index (χ3v) is 3.88. The van der Waals surface area contributed by atoms with Crippen LogP contribution in [-0.2, 0) is 6.54 Å². The van der Waals surface area contributed by atoms with E-state index in [2.05, 4.69) is 38.8 Å². The van der Waals surface area contributed by atoms with Gasteiger partial charge in [0, 0.05) is 24.8 Å². The Balaban J connectivity index is 1.38. The molecule has 3 aromatic rings. The van der Waals surface area contributed by atoms with E-state index in [0.717, 1.165) is 35.9 Å². The van der Waals surface area contributed by atoms with E-state index in [1.165, 1.54) is 5.39 Å². The average Bonchev–Trinajstić information content (AvgIpc) is 3.08. The second kappa shape index (κ2) is 8.78. The molecule has 0 bridgehead atoms. The van der Waals surface area contributed by atoms with Gasteiger partial charge in [-0.25, -0.2) is 0 Å². The summed E-state index contributed by atoms with van der Waals surface area (Å²) < 4.78 is 5.68. The molecule has 0 atom stereocenters. The van der Waals surface area contributed by atoms with Gasteiger partial charge in [-0.3, -0.25) is 4.99 Å². The van der Waals surface area contributed by atoms with Crippen molar-refractivity contribution < 1.29 is 4.74 Å². The topological polar surface area (TPSA) is 61.4 Å². The van der Waals surface area contributed by atoms with Crippen LogP contribution in [0, 0.1) is 0 Å². The summed E-state index contributed by atoms with van der Waals surface area (Å²) in [5, 5.41) is 7.85. The van der Waals surface area contributed by atoms with Crippen molar-refractivity contribution >= 4 is 16.9 Å². The van der Waals surface area contributed by atoms with Crippen molar-refractivity contribution in [1.29, 1.82) is 0 Å². The van der Waals surface area contributed by atoms with Gasteiger partial charge in [-0.1, -0.05) is 36.4 Å². The van der Waals surface area contributed by atoms with Crippen LogP contribution in [0.25, 0.3) is 10.9 Å². The van der Waals surface area contributed by atoms with E-state index in [0.29, 0.717) is 13.2 Å². The summed E-state index contributed by atoms with van der Waals surface area (Å²) in [6.45, 7) is 2.18. The van der Waals surface area contributed by atoms with E-state index < -0.39 is 0 Å². The summed E-state index contributed by atoms with van der Waals surface area (Å²) in [6, 6.07) is 20.3. The second-order valence-corrected chi connectivity index (χ2v) is 5.75. The van der Waals surface area contributed by atoms with E-state index in [1.807, 2.05) is 42.5 Å². The largest absolute Gasteiger partial charge is 0.494 e. The molecule has 0 fully saturated rings. The van der Waals surface area contributed by atoms with Crippen LogP contribution in [0.4, 0.5) is 0 Å². The molecule has 3 rings (SSSR count). The highest BCUT2D eigenvalue weighted by molar-refractivity contribution is 5.81. The van der Waals surface area contributed by atoms with Crippen LogP contribution in [0.2, 0.25) is 0 Å². The first-order chi connectivity index (χ1) is 12.3. The molecule has 5 heteroatoms. The van der Waals surface area contributed by atoms with Gasteiger partial charge in [0.05, 0.1) is 13.2 Å². The number of H-pyrrole nitrogens is 1. The number of rotatable bonds is 7. The summed E-state index contributed by atoms with van der Waals surface area (Å²) in [5.74, 6) is 1.70. The summed E-state index contributed by atoms with van der Waals surface area (Å²) in [7, 11) is 1.78. The van der Waals surface area contributed by atoms with Gasteiger partial charge in [-0.15, -0.1) is 0 Å². The lowest BCUT2D eigenvalue weighted by molar-refractivity contribution is 0.311. The Morgan fingerprint density at radius 1 is 1.04 bits per heavy atom. The number of ether oxygens (including phenoxy) is 1. The quantitative estimate of drug-likeness (QED) is 0.352. The number of nitrogens with one attached hydrogen (secondary N) is 3. The summed E-state index contributed by atoms with van der Waals surface area (Å²) in [5.41, 5.74) is 2.29. The van der Waals surface area contributed by atoms with Crippen LogP contribution in [-0.4, -0.2) is 31.1 Å². The smallest absolute Gasteiger partial charge is 0.191 e. The molecule has 0 aliphatic carbocycles. The Labute approximate surface area is 148 Å². The molecule has 130 valence electrons. The molecule has 1 aromatic heterocycles. The molecule has 0 aliphatic heterocycles. The molecule has 0 unspecified atom stereocenters. The van der Waals surface area contributed by atoms with Gasteiger partial charge in [-0.05, 0) is 36.1 Å². The fraction of sp³-hybridized carbons (Fsp3) is 0.250. The minimum atomic E-state index is 0.677. The van der Waals surface area contributed by atoms with Crippen molar-refractivity contribution in [1.82, 2.24) is 15.6 Å². The molecule has 1 heterocycles. The molecule has 3 N–H and O–H groups in total. The number of hydrogen-bond donors (Lipinski definition) is 3. The molecule has 0 spiro atoms. The average molecular weight is 336 g/mol. The zero-order valence-corrected chi connectivity index (χ0v) is 14.5. The van der Waals surface area contributed by atoms with Gasteiger partial charge < -0.3 is 20.4 Å². The fourth-order valence-corrected chi connectivity index (χ4v) is 2.61. The lowest BCUT2D eigenvalue weighted by Gasteiger charge is -2.11. The Bertz CT molecular complexity index is 778. The zero-order chi connectivity index (χ0) is 17.3. The lowest BCUT2D eigenvalue weighted by Crippen LogP contribution is -2.37. The Kier molecular flexibility index (Phi) is 5.93. The minimum Gasteiger partial charge on any atom is -0.494 e. The van der Waals surface area contributed by atoms with Gasteiger partial charge in [0.1, 0.15) is 5.75 Å². The molecule has 25 heavy (non-hydrogen) atoms. The number of aromatic amines is 1. The standard InChI is InChI=1S/C20H24N4O/c1-21-20(22-12-7-13-25-18-9-3-2-4-10-18)23-15-17-14-16-8-5-6-11-19(16)24-17/h2-6,8-11,14,24H,7,12-13,15H2,1H3,(H2,21,22,23). The SMILES string of the molecule is CN=C(NCCCOc1ccccc1)NCc1cc2ccccc2[nH]1. The Hall–Kier alpha value is -2.95. The molecule has 0 aliphatic rings. The first-order valence-electron chi connectivity index (χ1n) is 8.54. The van der Waals surface area contributed by atoms with Crippen LogP contribution >= 0.6 is 0 Å². The van der Waals surface area contributed by atoms with Gasteiger partial charge in [0.25, 0.3) is 0 Å². The van der Waals surface area contributed by atoms with E-state index in [4.69, 9.17) is 4.74 Å². The monoisotopic (exact) mass is 336 g/mol. The predicted octanol–water partition coefficient (Wildman–Crippen LogP) is 3.30. The highest BCUT2D eigenvalue weighted by Gasteiger charge is 2.02. The Morgan fingerprint density at radius 3 is 2.64 bits per heavy atom. The van der Waals surface area contributed by atoms with Gasteiger partial charge in [0.15, 0.2) is 5.96 Å². The second-order valence-electron chi connectivity index (χ2n) is 5.75. The van der Waals surface area contributed by atoms with Crippen LogP contribution in [0.1, 0.15) is 12.1 Å². The third-order valence-electron chi connectivity index (χ3n) is 3.88. The molecular formula is C20H24N4O. The number of benzene rings is 2. The van der Waals surface area contributed by atoms with Gasteiger partial charge in [-0.2, -0.15) is 0 Å². The van der Waals surface area contributed by atoms with Gasteiger partial charge in [0.2, 0.25) is 0 Å². The third kappa shape index (κ3) is 5.01. The van der Waals surface area contributed by atoms with Crippen LogP contribution in [0.5, 0.6) is 5.75 Å². The van der Waals surface area contributed by atoms with Crippen molar-refractivity contribution in [3.8, 4) is 5.75 Å². The normalized spacial score (nSPS) is 11.5. The maximum atomic E-state index is 5.68. The molecule has 5 nitrogen and oxygen atoms in total. The summed E-state index contributed by atoms with van der Waals surface area (Å²) in [4.78, 5) is 7.66. The van der Waals surface area contributed by atoms with Crippen molar-refractivity contribution in [2.75, 3.05) is 20.2 Å². The minimum absolute atomic E-state index is 0.677. The molecule has 0 saturated heterocycles.